The number of piperidine rings is 1. The number of benzene rings is 2. The fourth-order valence-corrected chi connectivity index (χ4v) is 5.37. The Morgan fingerprint density at radius 1 is 1.09 bits per heavy atom. The number of hydrogen-bond donors (Lipinski definition) is 1. The fraction of sp³-hybridized carbons (Fsp3) is 0.435. The molecule has 33 heavy (non-hydrogen) atoms. The quantitative estimate of drug-likeness (QED) is 0.584. The van der Waals surface area contributed by atoms with E-state index in [0.717, 1.165) is 37.5 Å². The molecule has 0 unspecified atom stereocenters. The smallest absolute Gasteiger partial charge is 0.416 e. The number of halogens is 3. The van der Waals surface area contributed by atoms with Crippen LogP contribution in [0.4, 0.5) is 18.9 Å². The van der Waals surface area contributed by atoms with Crippen molar-refractivity contribution in [1.29, 1.82) is 0 Å². The van der Waals surface area contributed by atoms with Crippen molar-refractivity contribution in [2.24, 2.45) is 0 Å². The molecular weight excluding hydrogens is 457 g/mol. The van der Waals surface area contributed by atoms with Crippen molar-refractivity contribution in [2.45, 2.75) is 50.6 Å². The van der Waals surface area contributed by atoms with Gasteiger partial charge in [0.05, 0.1) is 22.8 Å². The molecule has 2 aromatic carbocycles. The Kier molecular flexibility index (Phi) is 7.69. The number of ether oxygens (including phenoxy) is 1. The van der Waals surface area contributed by atoms with E-state index >= 15 is 0 Å². The Hall–Kier alpha value is -2.59. The monoisotopic (exact) mass is 484 g/mol. The lowest BCUT2D eigenvalue weighted by atomic mass is 10.1. The number of nitrogens with zero attached hydrogens (tertiary/aromatic N) is 1. The maximum atomic E-state index is 13.2. The van der Waals surface area contributed by atoms with Gasteiger partial charge in [-0.2, -0.15) is 17.5 Å². The van der Waals surface area contributed by atoms with E-state index in [-0.39, 0.29) is 28.5 Å². The van der Waals surface area contributed by atoms with Gasteiger partial charge in [0.1, 0.15) is 5.75 Å². The van der Waals surface area contributed by atoms with Crippen LogP contribution in [0.2, 0.25) is 0 Å². The van der Waals surface area contributed by atoms with Crippen molar-refractivity contribution in [3.05, 3.63) is 53.1 Å². The summed E-state index contributed by atoms with van der Waals surface area (Å²) in [4.78, 5) is 12.9. The van der Waals surface area contributed by atoms with Crippen LogP contribution in [-0.4, -0.2) is 38.3 Å². The van der Waals surface area contributed by atoms with E-state index in [1.54, 1.807) is 6.92 Å². The van der Waals surface area contributed by atoms with Crippen LogP contribution in [-0.2, 0) is 16.2 Å². The third-order valence-corrected chi connectivity index (χ3v) is 7.44. The van der Waals surface area contributed by atoms with Gasteiger partial charge in [-0.1, -0.05) is 19.4 Å². The summed E-state index contributed by atoms with van der Waals surface area (Å²) in [6, 6.07) is 7.09. The van der Waals surface area contributed by atoms with Crippen molar-refractivity contribution in [3.63, 3.8) is 0 Å². The Balaban J connectivity index is 1.92. The second-order valence-electron chi connectivity index (χ2n) is 7.96. The highest BCUT2D eigenvalue weighted by Gasteiger charge is 2.32. The predicted octanol–water partition coefficient (Wildman–Crippen LogP) is 5.23. The number of amides is 1. The van der Waals surface area contributed by atoms with Gasteiger partial charge in [0.2, 0.25) is 10.0 Å². The van der Waals surface area contributed by atoms with E-state index in [9.17, 15) is 26.4 Å². The second-order valence-corrected chi connectivity index (χ2v) is 9.86. The van der Waals surface area contributed by atoms with Crippen LogP contribution in [0.5, 0.6) is 5.75 Å². The van der Waals surface area contributed by atoms with Gasteiger partial charge in [-0.15, -0.1) is 0 Å². The van der Waals surface area contributed by atoms with Crippen LogP contribution >= 0.6 is 0 Å². The van der Waals surface area contributed by atoms with Gasteiger partial charge in [-0.25, -0.2) is 8.42 Å². The predicted molar refractivity (Wildman–Crippen MR) is 119 cm³/mol. The van der Waals surface area contributed by atoms with Crippen LogP contribution < -0.4 is 10.1 Å². The normalized spacial score (nSPS) is 15.3. The summed E-state index contributed by atoms with van der Waals surface area (Å²) < 4.78 is 72.7. The molecule has 1 saturated heterocycles. The number of hydrogen-bond acceptors (Lipinski definition) is 4. The van der Waals surface area contributed by atoms with Gasteiger partial charge in [0, 0.05) is 18.7 Å². The molecule has 0 bridgehead atoms. The Bertz CT molecular complexity index is 1110. The molecule has 1 amide bonds. The average Bonchev–Trinajstić information content (AvgIpc) is 2.78. The Labute approximate surface area is 191 Å². The van der Waals surface area contributed by atoms with Crippen LogP contribution in [0.1, 0.15) is 54.1 Å². The third kappa shape index (κ3) is 5.86. The van der Waals surface area contributed by atoms with Gasteiger partial charge in [-0.3, -0.25) is 4.79 Å². The molecule has 1 aliphatic rings. The van der Waals surface area contributed by atoms with Gasteiger partial charge in [0.25, 0.3) is 5.91 Å². The van der Waals surface area contributed by atoms with Crippen molar-refractivity contribution < 1.29 is 31.1 Å². The van der Waals surface area contributed by atoms with Crippen molar-refractivity contribution in [2.75, 3.05) is 25.0 Å². The van der Waals surface area contributed by atoms with Crippen LogP contribution in [0, 0.1) is 6.92 Å². The van der Waals surface area contributed by atoms with E-state index in [1.807, 2.05) is 6.92 Å². The minimum atomic E-state index is -4.59. The highest BCUT2D eigenvalue weighted by atomic mass is 32.2. The minimum Gasteiger partial charge on any atom is -0.491 e. The number of carbonyl (C=O) groups excluding carboxylic acids is 1. The maximum absolute atomic E-state index is 13.2. The topological polar surface area (TPSA) is 75.7 Å². The largest absolute Gasteiger partial charge is 0.491 e. The Morgan fingerprint density at radius 2 is 1.79 bits per heavy atom. The SMILES string of the molecule is CCCOc1ccc(C(F)(F)F)cc1NC(=O)c1ccc(C)c(S(=O)(=O)N2CCCCC2)c1. The molecule has 1 aliphatic heterocycles. The molecule has 3 rings (SSSR count). The van der Waals surface area contributed by atoms with Crippen molar-refractivity contribution in [1.82, 2.24) is 4.31 Å². The summed E-state index contributed by atoms with van der Waals surface area (Å²) in [5.74, 6) is -0.628. The first-order chi connectivity index (χ1) is 15.5. The molecule has 0 spiro atoms. The number of sulfonamides is 1. The maximum Gasteiger partial charge on any atom is 0.416 e. The highest BCUT2D eigenvalue weighted by molar-refractivity contribution is 7.89. The lowest BCUT2D eigenvalue weighted by Crippen LogP contribution is -2.36. The van der Waals surface area contributed by atoms with Gasteiger partial charge >= 0.3 is 6.18 Å². The highest BCUT2D eigenvalue weighted by Crippen LogP contribution is 2.35. The Morgan fingerprint density at radius 3 is 2.42 bits per heavy atom. The summed E-state index contributed by atoms with van der Waals surface area (Å²) in [6.45, 7) is 4.58. The van der Waals surface area contributed by atoms with Crippen LogP contribution in [0.15, 0.2) is 41.3 Å². The first kappa shape index (κ1) is 25.0. The molecule has 0 atom stereocenters. The van der Waals surface area contributed by atoms with E-state index < -0.39 is 27.7 Å². The van der Waals surface area contributed by atoms with Gasteiger partial charge in [-0.05, 0) is 62.1 Å². The van der Waals surface area contributed by atoms with E-state index in [1.165, 1.54) is 22.5 Å². The number of carbonyl (C=O) groups is 1. The average molecular weight is 485 g/mol. The summed E-state index contributed by atoms with van der Waals surface area (Å²) in [5, 5.41) is 2.45. The van der Waals surface area contributed by atoms with E-state index in [2.05, 4.69) is 5.32 Å². The van der Waals surface area contributed by atoms with Crippen LogP contribution in [0.25, 0.3) is 0 Å². The molecule has 0 saturated carbocycles. The molecule has 10 heteroatoms. The fourth-order valence-electron chi connectivity index (χ4n) is 3.60. The summed E-state index contributed by atoms with van der Waals surface area (Å²) in [5.41, 5.74) is -0.554. The molecule has 1 N–H and O–H groups in total. The lowest BCUT2D eigenvalue weighted by molar-refractivity contribution is -0.137. The van der Waals surface area contributed by atoms with Gasteiger partial charge < -0.3 is 10.1 Å². The van der Waals surface area contributed by atoms with Crippen molar-refractivity contribution in [3.8, 4) is 5.75 Å². The number of anilines is 1. The zero-order valence-electron chi connectivity index (χ0n) is 18.5. The molecule has 1 heterocycles. The minimum absolute atomic E-state index is 0.0172. The summed E-state index contributed by atoms with van der Waals surface area (Å²) in [7, 11) is -3.79. The number of nitrogens with one attached hydrogen (secondary N) is 1. The molecular formula is C23H27F3N2O4S. The van der Waals surface area contributed by atoms with E-state index in [0.29, 0.717) is 25.1 Å². The first-order valence-electron chi connectivity index (χ1n) is 10.8. The zero-order valence-corrected chi connectivity index (χ0v) is 19.4. The number of rotatable bonds is 7. The molecule has 1 fully saturated rings. The molecule has 2 aromatic rings. The molecule has 0 aliphatic carbocycles. The van der Waals surface area contributed by atoms with Crippen LogP contribution in [0.3, 0.4) is 0 Å². The molecule has 180 valence electrons. The number of aryl methyl sites for hydroxylation is 1. The summed E-state index contributed by atoms with van der Waals surface area (Å²) in [6.07, 6.45) is -1.46. The first-order valence-corrected chi connectivity index (χ1v) is 12.2. The molecule has 0 aromatic heterocycles. The lowest BCUT2D eigenvalue weighted by Gasteiger charge is -2.26. The van der Waals surface area contributed by atoms with E-state index in [4.69, 9.17) is 4.74 Å². The third-order valence-electron chi connectivity index (χ3n) is 5.40. The second kappa shape index (κ2) is 10.1. The molecule has 0 radical (unpaired) electrons. The zero-order chi connectivity index (χ0) is 24.2. The number of alkyl halides is 3. The molecule has 6 nitrogen and oxygen atoms in total. The van der Waals surface area contributed by atoms with Gasteiger partial charge in [0.15, 0.2) is 0 Å². The summed E-state index contributed by atoms with van der Waals surface area (Å²) >= 11 is 0. The standard InChI is InChI=1S/C23H27F3N2O4S/c1-3-13-32-20-10-9-18(23(24,25)26)15-19(20)27-22(29)17-8-7-16(2)21(14-17)33(30,31)28-11-5-4-6-12-28/h7-10,14-15H,3-6,11-13H2,1-2H3,(H,27,29). The van der Waals surface area contributed by atoms with Crippen molar-refractivity contribution >= 4 is 21.6 Å².